The number of nitro benzene ring substituents is 1. The van der Waals surface area contributed by atoms with Crippen molar-refractivity contribution in [2.45, 2.75) is 13.0 Å². The Morgan fingerprint density at radius 3 is 2.59 bits per heavy atom. The fourth-order valence-corrected chi connectivity index (χ4v) is 2.17. The zero-order valence-electron chi connectivity index (χ0n) is 14.4. The Hall–Kier alpha value is -3.74. The molecule has 0 aromatic heterocycles. The number of nitrogens with zero attached hydrogens (tertiary/aromatic N) is 1. The van der Waals surface area contributed by atoms with Crippen LogP contribution in [-0.2, 0) is 4.79 Å². The highest BCUT2D eigenvalue weighted by atomic mass is 16.6. The zero-order chi connectivity index (χ0) is 19.8. The SMILES string of the molecule is CC(Oc1cccc(C(=O)C=CC=Cc2ccccc2[N+](=O)[O-])c1)C(=O)O. The van der Waals surface area contributed by atoms with Crippen LogP contribution < -0.4 is 4.74 Å². The van der Waals surface area contributed by atoms with Gasteiger partial charge in [0.25, 0.3) is 5.69 Å². The van der Waals surface area contributed by atoms with E-state index in [1.807, 2.05) is 0 Å². The molecular weight excluding hydrogens is 350 g/mol. The lowest BCUT2D eigenvalue weighted by Crippen LogP contribution is -2.22. The standard InChI is InChI=1S/C20H17NO6/c1-14(20(23)24)27-17-10-6-9-16(13-17)19(22)12-5-3-8-15-7-2-4-11-18(15)21(25)26/h2-14H,1H3,(H,23,24). The minimum absolute atomic E-state index is 0.0223. The number of hydrogen-bond donors (Lipinski definition) is 1. The van der Waals surface area contributed by atoms with Gasteiger partial charge in [-0.05, 0) is 37.3 Å². The van der Waals surface area contributed by atoms with Gasteiger partial charge in [-0.25, -0.2) is 4.79 Å². The normalized spacial score (nSPS) is 12.2. The Labute approximate surface area is 155 Å². The van der Waals surface area contributed by atoms with E-state index in [9.17, 15) is 19.7 Å². The molecule has 0 heterocycles. The van der Waals surface area contributed by atoms with Crippen LogP contribution in [0.3, 0.4) is 0 Å². The summed E-state index contributed by atoms with van der Waals surface area (Å²) in [6.07, 6.45) is 4.83. The van der Waals surface area contributed by atoms with Gasteiger partial charge in [-0.1, -0.05) is 36.4 Å². The van der Waals surface area contributed by atoms with E-state index in [1.165, 1.54) is 43.4 Å². The minimum atomic E-state index is -1.10. The van der Waals surface area contributed by atoms with Crippen LogP contribution in [-0.4, -0.2) is 27.9 Å². The smallest absolute Gasteiger partial charge is 0.344 e. The average Bonchev–Trinajstić information content (AvgIpc) is 2.65. The van der Waals surface area contributed by atoms with E-state index in [1.54, 1.807) is 36.4 Å². The first-order valence-corrected chi connectivity index (χ1v) is 8.00. The van der Waals surface area contributed by atoms with Crippen molar-refractivity contribution >= 4 is 23.5 Å². The van der Waals surface area contributed by atoms with Gasteiger partial charge in [0.1, 0.15) is 5.75 Å². The van der Waals surface area contributed by atoms with E-state index >= 15 is 0 Å². The van der Waals surface area contributed by atoms with Crippen molar-refractivity contribution < 1.29 is 24.4 Å². The Balaban J connectivity index is 2.07. The summed E-state index contributed by atoms with van der Waals surface area (Å²) in [5.41, 5.74) is 0.740. The molecule has 0 amide bonds. The van der Waals surface area contributed by atoms with Gasteiger partial charge in [-0.2, -0.15) is 0 Å². The molecule has 2 aromatic rings. The predicted octanol–water partition coefficient (Wildman–Crippen LogP) is 3.90. The number of benzene rings is 2. The Bertz CT molecular complexity index is 916. The lowest BCUT2D eigenvalue weighted by molar-refractivity contribution is -0.385. The topological polar surface area (TPSA) is 107 Å². The molecular formula is C20H17NO6. The number of hydrogen-bond acceptors (Lipinski definition) is 5. The van der Waals surface area contributed by atoms with Crippen molar-refractivity contribution in [2.24, 2.45) is 0 Å². The summed E-state index contributed by atoms with van der Waals surface area (Å²) in [6, 6.07) is 12.5. The van der Waals surface area contributed by atoms with E-state index in [0.717, 1.165) is 0 Å². The summed E-state index contributed by atoms with van der Waals surface area (Å²) in [6.45, 7) is 1.39. The van der Waals surface area contributed by atoms with Crippen molar-refractivity contribution in [1.29, 1.82) is 0 Å². The third-order valence-corrected chi connectivity index (χ3v) is 3.55. The maximum atomic E-state index is 12.2. The van der Waals surface area contributed by atoms with Gasteiger partial charge < -0.3 is 9.84 Å². The van der Waals surface area contributed by atoms with Gasteiger partial charge in [-0.3, -0.25) is 14.9 Å². The second-order valence-electron chi connectivity index (χ2n) is 5.52. The highest BCUT2D eigenvalue weighted by Crippen LogP contribution is 2.19. The van der Waals surface area contributed by atoms with Crippen molar-refractivity contribution in [1.82, 2.24) is 0 Å². The Morgan fingerprint density at radius 2 is 1.89 bits per heavy atom. The summed E-state index contributed by atoms with van der Waals surface area (Å²) in [5.74, 6) is -1.14. The highest BCUT2D eigenvalue weighted by molar-refractivity contribution is 6.04. The van der Waals surface area contributed by atoms with Gasteiger partial charge >= 0.3 is 5.97 Å². The van der Waals surface area contributed by atoms with Gasteiger partial charge in [0, 0.05) is 11.6 Å². The maximum Gasteiger partial charge on any atom is 0.344 e. The number of carboxylic acid groups (broad SMARTS) is 1. The molecule has 0 spiro atoms. The lowest BCUT2D eigenvalue weighted by atomic mass is 10.1. The largest absolute Gasteiger partial charge is 0.479 e. The third kappa shape index (κ3) is 5.64. The first-order valence-electron chi connectivity index (χ1n) is 8.00. The quantitative estimate of drug-likeness (QED) is 0.249. The molecule has 0 aliphatic rings. The highest BCUT2D eigenvalue weighted by Gasteiger charge is 2.13. The molecule has 27 heavy (non-hydrogen) atoms. The zero-order valence-corrected chi connectivity index (χ0v) is 14.4. The summed E-state index contributed by atoms with van der Waals surface area (Å²) < 4.78 is 5.23. The summed E-state index contributed by atoms with van der Waals surface area (Å²) in [5, 5.41) is 19.8. The molecule has 0 aliphatic heterocycles. The van der Waals surface area contributed by atoms with E-state index in [2.05, 4.69) is 0 Å². The van der Waals surface area contributed by atoms with E-state index in [4.69, 9.17) is 9.84 Å². The number of para-hydroxylation sites is 1. The monoisotopic (exact) mass is 367 g/mol. The number of ether oxygens (including phenoxy) is 1. The van der Waals surface area contributed by atoms with Gasteiger partial charge in [0.2, 0.25) is 0 Å². The first kappa shape index (κ1) is 19.6. The number of allylic oxidation sites excluding steroid dienone is 3. The molecule has 2 aromatic carbocycles. The number of carboxylic acids is 1. The fraction of sp³-hybridized carbons (Fsp3) is 0.100. The van der Waals surface area contributed by atoms with Crippen LogP contribution in [0, 0.1) is 10.1 Å². The van der Waals surface area contributed by atoms with Crippen LogP contribution in [0.5, 0.6) is 5.75 Å². The molecule has 1 unspecified atom stereocenters. The molecule has 0 saturated carbocycles. The molecule has 0 bridgehead atoms. The predicted molar refractivity (Wildman–Crippen MR) is 99.8 cm³/mol. The van der Waals surface area contributed by atoms with Crippen molar-refractivity contribution in [3.63, 3.8) is 0 Å². The van der Waals surface area contributed by atoms with Crippen LogP contribution in [0.1, 0.15) is 22.8 Å². The number of aliphatic carboxylic acids is 1. The molecule has 0 saturated heterocycles. The molecule has 0 aliphatic carbocycles. The molecule has 0 fully saturated rings. The van der Waals surface area contributed by atoms with E-state index in [-0.39, 0.29) is 17.2 Å². The van der Waals surface area contributed by atoms with Crippen LogP contribution in [0.2, 0.25) is 0 Å². The molecule has 1 atom stereocenters. The fourth-order valence-electron chi connectivity index (χ4n) is 2.17. The van der Waals surface area contributed by atoms with E-state index < -0.39 is 17.0 Å². The average molecular weight is 367 g/mol. The second kappa shape index (κ2) is 9.10. The molecule has 0 radical (unpaired) electrons. The maximum absolute atomic E-state index is 12.2. The summed E-state index contributed by atoms with van der Waals surface area (Å²) in [4.78, 5) is 33.5. The van der Waals surface area contributed by atoms with Gasteiger partial charge in [-0.15, -0.1) is 0 Å². The molecule has 7 heteroatoms. The molecule has 138 valence electrons. The van der Waals surface area contributed by atoms with Crippen LogP contribution >= 0.6 is 0 Å². The van der Waals surface area contributed by atoms with Crippen LogP contribution in [0.25, 0.3) is 6.08 Å². The van der Waals surface area contributed by atoms with Crippen molar-refractivity contribution in [3.8, 4) is 5.75 Å². The lowest BCUT2D eigenvalue weighted by Gasteiger charge is -2.10. The minimum Gasteiger partial charge on any atom is -0.479 e. The first-order chi connectivity index (χ1) is 12.9. The number of carbonyl (C=O) groups excluding carboxylic acids is 1. The molecule has 7 nitrogen and oxygen atoms in total. The molecule has 1 N–H and O–H groups in total. The number of carbonyl (C=O) groups is 2. The summed E-state index contributed by atoms with van der Waals surface area (Å²) >= 11 is 0. The van der Waals surface area contributed by atoms with Crippen molar-refractivity contribution in [3.05, 3.63) is 88.0 Å². The third-order valence-electron chi connectivity index (χ3n) is 3.55. The molecule has 2 rings (SSSR count). The Morgan fingerprint density at radius 1 is 1.15 bits per heavy atom. The number of nitro groups is 1. The van der Waals surface area contributed by atoms with Gasteiger partial charge in [0.05, 0.1) is 10.5 Å². The summed E-state index contributed by atoms with van der Waals surface area (Å²) in [7, 11) is 0. The number of rotatable bonds is 8. The number of ketones is 1. The van der Waals surface area contributed by atoms with Gasteiger partial charge in [0.15, 0.2) is 11.9 Å². The van der Waals surface area contributed by atoms with Crippen LogP contribution in [0.4, 0.5) is 5.69 Å². The Kier molecular flexibility index (Phi) is 6.60. The van der Waals surface area contributed by atoms with E-state index in [0.29, 0.717) is 11.1 Å². The second-order valence-corrected chi connectivity index (χ2v) is 5.52. The van der Waals surface area contributed by atoms with Crippen molar-refractivity contribution in [2.75, 3.05) is 0 Å². The van der Waals surface area contributed by atoms with Crippen LogP contribution in [0.15, 0.2) is 66.8 Å².